The first kappa shape index (κ1) is 13.4. The van der Waals surface area contributed by atoms with Crippen molar-refractivity contribution < 1.29 is 9.53 Å². The van der Waals surface area contributed by atoms with Gasteiger partial charge in [-0.1, -0.05) is 13.8 Å². The summed E-state index contributed by atoms with van der Waals surface area (Å²) in [5.41, 5.74) is 0. The first-order valence-corrected chi connectivity index (χ1v) is 5.33. The summed E-state index contributed by atoms with van der Waals surface area (Å²) in [5.74, 6) is -0.174. The number of likely N-dealkylation sites (N-methyl/N-ethyl adjacent to an activating group) is 1. The molecule has 0 heterocycles. The second-order valence-electron chi connectivity index (χ2n) is 3.01. The summed E-state index contributed by atoms with van der Waals surface area (Å²) in [6, 6.07) is 0. The molecule has 0 aliphatic rings. The van der Waals surface area contributed by atoms with Crippen LogP contribution in [0, 0.1) is 0 Å². The van der Waals surface area contributed by atoms with Crippen LogP contribution in [0.25, 0.3) is 0 Å². The first-order valence-electron chi connectivity index (χ1n) is 5.33. The monoisotopic (exact) mass is 202 g/mol. The maximum atomic E-state index is 10.9. The van der Waals surface area contributed by atoms with Gasteiger partial charge in [0.15, 0.2) is 0 Å². The highest BCUT2D eigenvalue weighted by molar-refractivity contribution is 5.71. The third-order valence-corrected chi connectivity index (χ3v) is 2.07. The Balaban J connectivity index is 3.32. The van der Waals surface area contributed by atoms with Crippen LogP contribution in [0.1, 0.15) is 20.8 Å². The van der Waals surface area contributed by atoms with E-state index in [9.17, 15) is 4.79 Å². The number of rotatable bonds is 8. The van der Waals surface area contributed by atoms with Gasteiger partial charge in [-0.2, -0.15) is 0 Å². The average molecular weight is 202 g/mol. The van der Waals surface area contributed by atoms with E-state index in [-0.39, 0.29) is 5.97 Å². The van der Waals surface area contributed by atoms with Crippen LogP contribution in [-0.4, -0.2) is 50.2 Å². The number of nitrogens with zero attached hydrogens (tertiary/aromatic N) is 1. The molecule has 0 atom stereocenters. The molecule has 14 heavy (non-hydrogen) atoms. The fraction of sp³-hybridized carbons (Fsp3) is 0.900. The zero-order valence-electron chi connectivity index (χ0n) is 9.51. The molecule has 84 valence electrons. The predicted octanol–water partition coefficient (Wildman–Crippen LogP) is 0.481. The number of carbonyl (C=O) groups is 1. The summed E-state index contributed by atoms with van der Waals surface area (Å²) < 4.78 is 4.79. The van der Waals surface area contributed by atoms with E-state index < -0.39 is 0 Å². The highest BCUT2D eigenvalue weighted by atomic mass is 16.5. The summed E-state index contributed by atoms with van der Waals surface area (Å²) in [5, 5.41) is 3.05. The Labute approximate surface area is 86.6 Å². The van der Waals surface area contributed by atoms with Gasteiger partial charge in [0, 0.05) is 13.1 Å². The van der Waals surface area contributed by atoms with Crippen LogP contribution in [-0.2, 0) is 9.53 Å². The summed E-state index contributed by atoms with van der Waals surface area (Å²) in [4.78, 5) is 13.2. The molecule has 0 saturated carbocycles. The zero-order chi connectivity index (χ0) is 10.8. The van der Waals surface area contributed by atoms with Crippen LogP contribution >= 0.6 is 0 Å². The predicted molar refractivity (Wildman–Crippen MR) is 57.3 cm³/mol. The molecule has 0 amide bonds. The minimum atomic E-state index is -0.174. The van der Waals surface area contributed by atoms with Crippen LogP contribution in [0.5, 0.6) is 0 Å². The molecule has 0 rings (SSSR count). The molecule has 0 spiro atoms. The molecular weight excluding hydrogens is 180 g/mol. The Morgan fingerprint density at radius 2 is 1.93 bits per heavy atom. The van der Waals surface area contributed by atoms with Gasteiger partial charge in [0.05, 0.1) is 13.2 Å². The van der Waals surface area contributed by atoms with E-state index in [2.05, 4.69) is 24.1 Å². The van der Waals surface area contributed by atoms with E-state index in [1.54, 1.807) is 0 Å². The Morgan fingerprint density at radius 1 is 1.29 bits per heavy atom. The third-order valence-electron chi connectivity index (χ3n) is 2.07. The van der Waals surface area contributed by atoms with Crippen LogP contribution in [0.4, 0.5) is 0 Å². The quantitative estimate of drug-likeness (QED) is 0.459. The molecule has 4 heteroatoms. The lowest BCUT2D eigenvalue weighted by molar-refractivity contribution is -0.141. The molecule has 1 N–H and O–H groups in total. The molecule has 0 fully saturated rings. The standard InChI is InChI=1S/C10H22N2O2/c1-4-12(5-2)8-7-11-9-10(13)14-6-3/h11H,4-9H2,1-3H3. The van der Waals surface area contributed by atoms with Gasteiger partial charge in [0.1, 0.15) is 0 Å². The van der Waals surface area contributed by atoms with Crippen LogP contribution in [0.15, 0.2) is 0 Å². The molecular formula is C10H22N2O2. The summed E-state index contributed by atoms with van der Waals surface area (Å²) in [6.07, 6.45) is 0. The van der Waals surface area contributed by atoms with Crippen LogP contribution in [0.2, 0.25) is 0 Å². The second kappa shape index (κ2) is 8.97. The van der Waals surface area contributed by atoms with E-state index in [1.807, 2.05) is 6.92 Å². The van der Waals surface area contributed by atoms with E-state index in [4.69, 9.17) is 4.74 Å². The van der Waals surface area contributed by atoms with Crippen LogP contribution in [0.3, 0.4) is 0 Å². The van der Waals surface area contributed by atoms with E-state index in [0.29, 0.717) is 13.2 Å². The Hall–Kier alpha value is -0.610. The highest BCUT2D eigenvalue weighted by Crippen LogP contribution is 1.84. The lowest BCUT2D eigenvalue weighted by Crippen LogP contribution is -2.34. The van der Waals surface area contributed by atoms with Crippen molar-refractivity contribution in [2.24, 2.45) is 0 Å². The molecule has 0 unspecified atom stereocenters. The van der Waals surface area contributed by atoms with Crippen molar-refractivity contribution in [3.63, 3.8) is 0 Å². The second-order valence-corrected chi connectivity index (χ2v) is 3.01. The Morgan fingerprint density at radius 3 is 2.43 bits per heavy atom. The lowest BCUT2D eigenvalue weighted by Gasteiger charge is -2.17. The number of hydrogen-bond acceptors (Lipinski definition) is 4. The fourth-order valence-electron chi connectivity index (χ4n) is 1.18. The van der Waals surface area contributed by atoms with E-state index in [1.165, 1.54) is 0 Å². The Kier molecular flexibility index (Phi) is 8.57. The van der Waals surface area contributed by atoms with E-state index >= 15 is 0 Å². The van der Waals surface area contributed by atoms with Gasteiger partial charge < -0.3 is 15.0 Å². The van der Waals surface area contributed by atoms with E-state index in [0.717, 1.165) is 26.2 Å². The van der Waals surface area contributed by atoms with Crippen molar-refractivity contribution in [1.29, 1.82) is 0 Å². The number of ether oxygens (including phenoxy) is 1. The zero-order valence-corrected chi connectivity index (χ0v) is 9.51. The van der Waals surface area contributed by atoms with Gasteiger partial charge in [0.2, 0.25) is 0 Å². The topological polar surface area (TPSA) is 41.6 Å². The lowest BCUT2D eigenvalue weighted by atomic mass is 10.4. The minimum absolute atomic E-state index is 0.174. The molecule has 0 aliphatic heterocycles. The van der Waals surface area contributed by atoms with Crippen molar-refractivity contribution in [1.82, 2.24) is 10.2 Å². The maximum absolute atomic E-state index is 10.9. The Bertz CT molecular complexity index is 147. The molecule has 0 aromatic heterocycles. The van der Waals surface area contributed by atoms with Crippen LogP contribution < -0.4 is 5.32 Å². The maximum Gasteiger partial charge on any atom is 0.319 e. The largest absolute Gasteiger partial charge is 0.465 e. The van der Waals surface area contributed by atoms with Gasteiger partial charge in [-0.3, -0.25) is 4.79 Å². The number of hydrogen-bond donors (Lipinski definition) is 1. The van der Waals surface area contributed by atoms with Crippen molar-refractivity contribution in [2.75, 3.05) is 39.3 Å². The normalized spacial score (nSPS) is 10.6. The smallest absolute Gasteiger partial charge is 0.319 e. The average Bonchev–Trinajstić information content (AvgIpc) is 2.19. The molecule has 0 saturated heterocycles. The van der Waals surface area contributed by atoms with Crippen molar-refractivity contribution in [3.05, 3.63) is 0 Å². The first-order chi connectivity index (χ1) is 6.74. The third kappa shape index (κ3) is 6.86. The minimum Gasteiger partial charge on any atom is -0.465 e. The number of carbonyl (C=O) groups excluding carboxylic acids is 1. The molecule has 4 nitrogen and oxygen atoms in total. The van der Waals surface area contributed by atoms with Gasteiger partial charge >= 0.3 is 5.97 Å². The number of nitrogens with one attached hydrogen (secondary N) is 1. The SMILES string of the molecule is CCOC(=O)CNCCN(CC)CC. The van der Waals surface area contributed by atoms with Gasteiger partial charge in [-0.05, 0) is 20.0 Å². The van der Waals surface area contributed by atoms with Gasteiger partial charge in [-0.25, -0.2) is 0 Å². The van der Waals surface area contributed by atoms with Crippen molar-refractivity contribution in [2.45, 2.75) is 20.8 Å². The summed E-state index contributed by atoms with van der Waals surface area (Å²) in [7, 11) is 0. The summed E-state index contributed by atoms with van der Waals surface area (Å²) in [6.45, 7) is 10.8. The van der Waals surface area contributed by atoms with Crippen molar-refractivity contribution in [3.8, 4) is 0 Å². The molecule has 0 bridgehead atoms. The molecule has 0 aromatic rings. The number of esters is 1. The van der Waals surface area contributed by atoms with Gasteiger partial charge in [0.25, 0.3) is 0 Å². The van der Waals surface area contributed by atoms with Crippen molar-refractivity contribution >= 4 is 5.97 Å². The molecule has 0 radical (unpaired) electrons. The summed E-state index contributed by atoms with van der Waals surface area (Å²) >= 11 is 0. The molecule has 0 aromatic carbocycles. The molecule has 0 aliphatic carbocycles. The highest BCUT2D eigenvalue weighted by Gasteiger charge is 2.01. The fourth-order valence-corrected chi connectivity index (χ4v) is 1.18. The van der Waals surface area contributed by atoms with Gasteiger partial charge in [-0.15, -0.1) is 0 Å².